The first kappa shape index (κ1) is 24.3. The van der Waals surface area contributed by atoms with Crippen molar-refractivity contribution in [3.8, 4) is 11.5 Å². The summed E-state index contributed by atoms with van der Waals surface area (Å²) in [6, 6.07) is 13.8. The number of carboxylic acid groups (broad SMARTS) is 1. The van der Waals surface area contributed by atoms with Crippen LogP contribution in [0.2, 0.25) is 0 Å². The van der Waals surface area contributed by atoms with Crippen molar-refractivity contribution >= 4 is 49.9 Å². The molecule has 2 aromatic heterocycles. The largest absolute Gasteiger partial charge is 0.478 e. The number of nitrogens with zero attached hydrogens (tertiary/aromatic N) is 3. The average molecular weight is 521 g/mol. The van der Waals surface area contributed by atoms with Crippen LogP contribution in [-0.4, -0.2) is 52.5 Å². The van der Waals surface area contributed by atoms with E-state index < -0.39 is 23.8 Å². The Balaban J connectivity index is 1.53. The van der Waals surface area contributed by atoms with Gasteiger partial charge in [0.05, 0.1) is 33.4 Å². The highest BCUT2D eigenvalue weighted by molar-refractivity contribution is 7.22. The molecule has 0 fully saturated rings. The van der Waals surface area contributed by atoms with Crippen molar-refractivity contribution < 1.29 is 24.2 Å². The number of benzene rings is 2. The number of ether oxygens (including phenoxy) is 2. The number of pyridine rings is 1. The zero-order valence-corrected chi connectivity index (χ0v) is 20.8. The Hall–Kier alpha value is -4.42. The van der Waals surface area contributed by atoms with Crippen LogP contribution in [0.3, 0.4) is 0 Å². The van der Waals surface area contributed by atoms with Gasteiger partial charge in [0, 0.05) is 25.9 Å². The number of carbonyl (C=O) groups excluding carboxylic acids is 1. The zero-order valence-electron chi connectivity index (χ0n) is 20.0. The van der Waals surface area contributed by atoms with E-state index in [1.54, 1.807) is 24.5 Å². The van der Waals surface area contributed by atoms with Gasteiger partial charge >= 0.3 is 5.97 Å². The van der Waals surface area contributed by atoms with E-state index in [0.717, 1.165) is 10.2 Å². The summed E-state index contributed by atoms with van der Waals surface area (Å²) in [6.07, 6.45) is 2.13. The molecule has 5 rings (SSSR count). The molecular weight excluding hydrogens is 496 g/mol. The van der Waals surface area contributed by atoms with Crippen LogP contribution in [-0.2, 0) is 9.53 Å². The van der Waals surface area contributed by atoms with Crippen LogP contribution in [0.4, 0.5) is 16.5 Å². The fourth-order valence-electron chi connectivity index (χ4n) is 4.48. The number of fused-ring (bicyclic) bond motifs is 2. The summed E-state index contributed by atoms with van der Waals surface area (Å²) < 4.78 is 12.3. The van der Waals surface area contributed by atoms with Crippen molar-refractivity contribution in [3.05, 3.63) is 66.5 Å². The molecule has 1 aliphatic rings. The van der Waals surface area contributed by atoms with Crippen LogP contribution < -0.4 is 26.0 Å². The molecule has 2 aromatic carbocycles. The highest BCUT2D eigenvalue weighted by Gasteiger charge is 2.53. The quantitative estimate of drug-likeness (QED) is 0.257. The number of aromatic carboxylic acids is 1. The maximum atomic E-state index is 12.5. The molecule has 1 amide bonds. The lowest BCUT2D eigenvalue weighted by atomic mass is 10.1. The topological polar surface area (TPSA) is 152 Å². The summed E-state index contributed by atoms with van der Waals surface area (Å²) in [5.74, 6) is -1.90. The SMILES string of the molecule is CCN1c2ccc(C(=O)O)cc2NC1(Nc1nc2ccc(Oc3cccnc3)cc2s1)C(OC)C(N)=O. The molecule has 12 heteroatoms. The van der Waals surface area contributed by atoms with Crippen molar-refractivity contribution in [1.29, 1.82) is 0 Å². The van der Waals surface area contributed by atoms with E-state index in [1.165, 1.54) is 30.6 Å². The van der Waals surface area contributed by atoms with E-state index in [2.05, 4.69) is 15.6 Å². The van der Waals surface area contributed by atoms with E-state index in [0.29, 0.717) is 34.6 Å². The molecule has 37 heavy (non-hydrogen) atoms. The fourth-order valence-corrected chi connectivity index (χ4v) is 5.43. The number of anilines is 3. The number of aromatic nitrogens is 2. The molecule has 2 unspecified atom stereocenters. The average Bonchev–Trinajstić information content (AvgIpc) is 3.41. The predicted octanol–water partition coefficient (Wildman–Crippen LogP) is 3.70. The third kappa shape index (κ3) is 4.36. The second-order valence-corrected chi connectivity index (χ2v) is 9.29. The standard InChI is InChI=1S/C25H24N6O5S/c1-3-31-19-9-6-14(23(33)34)11-18(19)29-25(31,21(35-2)22(26)32)30-24-28-17-8-7-15(12-20(17)37-24)36-16-5-4-10-27-13-16/h4-13,21,29H,3H2,1-2H3,(H2,26,32)(H,28,30)(H,33,34). The number of likely N-dealkylation sites (N-methyl/N-ethyl adjacent to an activating group) is 1. The van der Waals surface area contributed by atoms with Gasteiger partial charge in [-0.15, -0.1) is 0 Å². The van der Waals surface area contributed by atoms with Gasteiger partial charge in [0.15, 0.2) is 11.2 Å². The molecule has 3 heterocycles. The van der Waals surface area contributed by atoms with Crippen molar-refractivity contribution in [2.24, 2.45) is 5.73 Å². The van der Waals surface area contributed by atoms with Crippen molar-refractivity contribution in [1.82, 2.24) is 9.97 Å². The molecular formula is C25H24N6O5S. The summed E-state index contributed by atoms with van der Waals surface area (Å²) in [4.78, 5) is 34.7. The highest BCUT2D eigenvalue weighted by Crippen LogP contribution is 2.44. The number of nitrogens with one attached hydrogen (secondary N) is 2. The molecule has 1 aliphatic heterocycles. The fraction of sp³-hybridized carbons (Fsp3) is 0.200. The maximum Gasteiger partial charge on any atom is 0.335 e. The third-order valence-corrected chi connectivity index (χ3v) is 6.94. The molecule has 190 valence electrons. The summed E-state index contributed by atoms with van der Waals surface area (Å²) >= 11 is 1.36. The predicted molar refractivity (Wildman–Crippen MR) is 140 cm³/mol. The lowest BCUT2D eigenvalue weighted by Gasteiger charge is -2.43. The van der Waals surface area contributed by atoms with Gasteiger partial charge in [-0.3, -0.25) is 9.78 Å². The first-order valence-corrected chi connectivity index (χ1v) is 12.2. The normalized spacial score (nSPS) is 17.2. The molecule has 0 saturated heterocycles. The minimum atomic E-state index is -1.36. The molecule has 4 aromatic rings. The lowest BCUT2D eigenvalue weighted by molar-refractivity contribution is -0.130. The van der Waals surface area contributed by atoms with Crippen LogP contribution >= 0.6 is 11.3 Å². The first-order chi connectivity index (χ1) is 17.8. The van der Waals surface area contributed by atoms with Gasteiger partial charge in [-0.05, 0) is 49.4 Å². The monoisotopic (exact) mass is 520 g/mol. The Morgan fingerprint density at radius 3 is 2.76 bits per heavy atom. The van der Waals surface area contributed by atoms with Crippen LogP contribution in [0.25, 0.3) is 10.2 Å². The zero-order chi connectivity index (χ0) is 26.2. The molecule has 5 N–H and O–H groups in total. The summed E-state index contributed by atoms with van der Waals surface area (Å²) in [5, 5.41) is 16.6. The Morgan fingerprint density at radius 2 is 2.08 bits per heavy atom. The minimum absolute atomic E-state index is 0.104. The van der Waals surface area contributed by atoms with Gasteiger partial charge in [0.25, 0.3) is 5.91 Å². The number of primary amides is 1. The minimum Gasteiger partial charge on any atom is -0.478 e. The maximum absolute atomic E-state index is 12.5. The highest BCUT2D eigenvalue weighted by atomic mass is 32.1. The summed E-state index contributed by atoms with van der Waals surface area (Å²) in [5.41, 5.74) is 7.80. The molecule has 0 spiro atoms. The number of hydrogen-bond acceptors (Lipinski definition) is 10. The number of hydrogen-bond donors (Lipinski definition) is 4. The number of rotatable bonds is 9. The van der Waals surface area contributed by atoms with Gasteiger partial charge < -0.3 is 35.8 Å². The van der Waals surface area contributed by atoms with Gasteiger partial charge in [0.1, 0.15) is 11.5 Å². The molecule has 11 nitrogen and oxygen atoms in total. The molecule has 0 bridgehead atoms. The molecule has 0 saturated carbocycles. The molecule has 0 radical (unpaired) electrons. The first-order valence-electron chi connectivity index (χ1n) is 11.4. The Labute approximate surface area is 215 Å². The van der Waals surface area contributed by atoms with Crippen LogP contribution in [0.5, 0.6) is 11.5 Å². The smallest absolute Gasteiger partial charge is 0.335 e. The lowest BCUT2D eigenvalue weighted by Crippen LogP contribution is -2.68. The Bertz CT molecular complexity index is 1480. The number of methoxy groups -OCH3 is 1. The second-order valence-electron chi connectivity index (χ2n) is 8.26. The van der Waals surface area contributed by atoms with Gasteiger partial charge in [-0.2, -0.15) is 0 Å². The van der Waals surface area contributed by atoms with Crippen LogP contribution in [0.15, 0.2) is 60.9 Å². The van der Waals surface area contributed by atoms with Crippen molar-refractivity contribution in [3.63, 3.8) is 0 Å². The van der Waals surface area contributed by atoms with Gasteiger partial charge in [-0.25, -0.2) is 9.78 Å². The van der Waals surface area contributed by atoms with E-state index >= 15 is 0 Å². The Morgan fingerprint density at radius 1 is 1.24 bits per heavy atom. The summed E-state index contributed by atoms with van der Waals surface area (Å²) in [6.45, 7) is 2.35. The van der Waals surface area contributed by atoms with Crippen molar-refractivity contribution in [2.45, 2.75) is 18.8 Å². The van der Waals surface area contributed by atoms with Crippen molar-refractivity contribution in [2.75, 3.05) is 29.2 Å². The number of carbonyl (C=O) groups is 2. The van der Waals surface area contributed by atoms with Gasteiger partial charge in [0.2, 0.25) is 5.79 Å². The molecule has 0 aliphatic carbocycles. The van der Waals surface area contributed by atoms with E-state index in [1.807, 2.05) is 36.1 Å². The summed E-state index contributed by atoms with van der Waals surface area (Å²) in [7, 11) is 1.39. The number of thiazole rings is 1. The van der Waals surface area contributed by atoms with Crippen LogP contribution in [0.1, 0.15) is 17.3 Å². The number of carboxylic acids is 1. The third-order valence-electron chi connectivity index (χ3n) is 6.00. The van der Waals surface area contributed by atoms with Gasteiger partial charge in [-0.1, -0.05) is 11.3 Å². The molecule has 2 atom stereocenters. The second kappa shape index (κ2) is 9.56. The van der Waals surface area contributed by atoms with E-state index in [-0.39, 0.29) is 5.56 Å². The number of nitrogens with two attached hydrogens (primary N) is 1. The Kier molecular flexibility index (Phi) is 6.27. The number of amides is 1. The van der Waals surface area contributed by atoms with Crippen LogP contribution in [0, 0.1) is 0 Å². The van der Waals surface area contributed by atoms with E-state index in [4.69, 9.17) is 20.2 Å². The van der Waals surface area contributed by atoms with E-state index in [9.17, 15) is 14.7 Å².